The van der Waals surface area contributed by atoms with E-state index in [-0.39, 0.29) is 24.0 Å². The van der Waals surface area contributed by atoms with Crippen LogP contribution in [-0.4, -0.2) is 43.2 Å². The van der Waals surface area contributed by atoms with Crippen LogP contribution in [0.1, 0.15) is 12.8 Å². The van der Waals surface area contributed by atoms with Gasteiger partial charge < -0.3 is 19.7 Å². The van der Waals surface area contributed by atoms with E-state index in [1.54, 1.807) is 12.0 Å². The van der Waals surface area contributed by atoms with Gasteiger partial charge in [-0.3, -0.25) is 9.59 Å². The SMILES string of the molecule is COc1ccc(N2CC34C=CC(O3)C(C(=O)NC3CC3)C4C2=O)cc1. The minimum atomic E-state index is -0.673. The Bertz CT molecular complexity index is 770. The Labute approximate surface area is 145 Å². The van der Waals surface area contributed by atoms with E-state index in [4.69, 9.17) is 9.47 Å². The second kappa shape index (κ2) is 5.08. The molecule has 0 aromatic heterocycles. The van der Waals surface area contributed by atoms with E-state index in [1.165, 1.54) is 0 Å². The molecule has 1 saturated carbocycles. The summed E-state index contributed by atoms with van der Waals surface area (Å²) in [5.74, 6) is -0.209. The summed E-state index contributed by atoms with van der Waals surface area (Å²) in [5.41, 5.74) is 0.129. The van der Waals surface area contributed by atoms with Gasteiger partial charge in [-0.15, -0.1) is 0 Å². The number of carbonyl (C=O) groups is 2. The lowest BCUT2D eigenvalue weighted by molar-refractivity contribution is -0.132. The second-order valence-electron chi connectivity index (χ2n) is 7.31. The van der Waals surface area contributed by atoms with E-state index < -0.39 is 17.4 Å². The second-order valence-corrected chi connectivity index (χ2v) is 7.31. The monoisotopic (exact) mass is 340 g/mol. The van der Waals surface area contributed by atoms with Crippen LogP contribution in [0.15, 0.2) is 36.4 Å². The fourth-order valence-electron chi connectivity index (χ4n) is 4.30. The van der Waals surface area contributed by atoms with E-state index >= 15 is 0 Å². The molecule has 25 heavy (non-hydrogen) atoms. The fraction of sp³-hybridized carbons (Fsp3) is 0.474. The highest BCUT2D eigenvalue weighted by Crippen LogP contribution is 2.52. The van der Waals surface area contributed by atoms with Crippen molar-refractivity contribution in [2.75, 3.05) is 18.6 Å². The molecule has 5 rings (SSSR count). The van der Waals surface area contributed by atoms with E-state index in [0.29, 0.717) is 6.54 Å². The van der Waals surface area contributed by atoms with E-state index in [0.717, 1.165) is 24.3 Å². The molecule has 3 aliphatic heterocycles. The van der Waals surface area contributed by atoms with Gasteiger partial charge in [0.15, 0.2) is 0 Å². The van der Waals surface area contributed by atoms with Crippen molar-refractivity contribution in [1.29, 1.82) is 0 Å². The third-order valence-corrected chi connectivity index (χ3v) is 5.71. The summed E-state index contributed by atoms with van der Waals surface area (Å²) in [6.07, 6.45) is 5.69. The summed E-state index contributed by atoms with van der Waals surface area (Å²) >= 11 is 0. The van der Waals surface area contributed by atoms with Gasteiger partial charge in [0, 0.05) is 11.7 Å². The van der Waals surface area contributed by atoms with E-state index in [9.17, 15) is 9.59 Å². The maximum atomic E-state index is 13.1. The van der Waals surface area contributed by atoms with Crippen molar-refractivity contribution >= 4 is 17.5 Å². The number of ether oxygens (including phenoxy) is 2. The van der Waals surface area contributed by atoms with Crippen molar-refractivity contribution in [2.45, 2.75) is 30.6 Å². The lowest BCUT2D eigenvalue weighted by Gasteiger charge is -2.23. The van der Waals surface area contributed by atoms with Crippen molar-refractivity contribution in [1.82, 2.24) is 5.32 Å². The highest BCUT2D eigenvalue weighted by Gasteiger charge is 2.67. The molecule has 0 radical (unpaired) electrons. The van der Waals surface area contributed by atoms with Crippen LogP contribution in [0.3, 0.4) is 0 Å². The Morgan fingerprint density at radius 3 is 2.76 bits per heavy atom. The average Bonchev–Trinajstić information content (AvgIpc) is 3.15. The summed E-state index contributed by atoms with van der Waals surface area (Å²) in [6, 6.07) is 7.67. The minimum absolute atomic E-state index is 0.0343. The van der Waals surface area contributed by atoms with Crippen molar-refractivity contribution in [3.8, 4) is 5.75 Å². The number of hydrogen-bond donors (Lipinski definition) is 1. The third kappa shape index (κ3) is 2.13. The minimum Gasteiger partial charge on any atom is -0.497 e. The number of benzene rings is 1. The average molecular weight is 340 g/mol. The zero-order valence-corrected chi connectivity index (χ0v) is 14.0. The molecule has 4 atom stereocenters. The summed E-state index contributed by atoms with van der Waals surface area (Å²) in [7, 11) is 1.61. The largest absolute Gasteiger partial charge is 0.497 e. The molecule has 6 nitrogen and oxygen atoms in total. The lowest BCUT2D eigenvalue weighted by atomic mass is 9.77. The molecule has 1 aromatic carbocycles. The molecule has 1 aliphatic carbocycles. The molecule has 3 fully saturated rings. The number of nitrogens with zero attached hydrogens (tertiary/aromatic N) is 1. The highest BCUT2D eigenvalue weighted by molar-refractivity contribution is 6.03. The molecule has 4 aliphatic rings. The maximum absolute atomic E-state index is 13.1. The van der Waals surface area contributed by atoms with Crippen LogP contribution in [0.25, 0.3) is 0 Å². The van der Waals surface area contributed by atoms with E-state index in [1.807, 2.05) is 36.4 Å². The molecule has 1 aromatic rings. The smallest absolute Gasteiger partial charge is 0.234 e. The molecule has 1 spiro atoms. The summed E-state index contributed by atoms with van der Waals surface area (Å²) in [4.78, 5) is 27.6. The Kier molecular flexibility index (Phi) is 3.04. The number of fused-ring (bicyclic) bond motifs is 1. The number of carbonyl (C=O) groups excluding carboxylic acids is 2. The van der Waals surface area contributed by atoms with Gasteiger partial charge in [0.1, 0.15) is 11.4 Å². The van der Waals surface area contributed by atoms with Crippen LogP contribution in [0.2, 0.25) is 0 Å². The standard InChI is InChI=1S/C19H20N2O4/c1-24-13-6-4-12(5-7-13)21-10-19-9-8-14(25-19)15(16(19)18(21)23)17(22)20-11-2-3-11/h4-9,11,14-16H,2-3,10H2,1H3,(H,20,22). The van der Waals surface area contributed by atoms with E-state index in [2.05, 4.69) is 5.32 Å². The normalized spacial score (nSPS) is 35.2. The number of anilines is 1. The zero-order chi connectivity index (χ0) is 17.2. The molecule has 130 valence electrons. The van der Waals surface area contributed by atoms with Gasteiger partial charge in [0.2, 0.25) is 11.8 Å². The predicted molar refractivity (Wildman–Crippen MR) is 90.2 cm³/mol. The summed E-state index contributed by atoms with van der Waals surface area (Å²) < 4.78 is 11.3. The number of nitrogens with one attached hydrogen (secondary N) is 1. The predicted octanol–water partition coefficient (Wildman–Crippen LogP) is 1.26. The van der Waals surface area contributed by atoms with Crippen LogP contribution in [0.5, 0.6) is 5.75 Å². The van der Waals surface area contributed by atoms with Gasteiger partial charge in [-0.25, -0.2) is 0 Å². The zero-order valence-electron chi connectivity index (χ0n) is 14.0. The molecule has 2 amide bonds. The maximum Gasteiger partial charge on any atom is 0.234 e. The molecule has 2 bridgehead atoms. The Hall–Kier alpha value is -2.34. The number of hydrogen-bond acceptors (Lipinski definition) is 4. The first-order chi connectivity index (χ1) is 12.1. The first-order valence-corrected chi connectivity index (χ1v) is 8.74. The summed E-state index contributed by atoms with van der Waals surface area (Å²) in [6.45, 7) is 0.447. The Morgan fingerprint density at radius 1 is 1.32 bits per heavy atom. The molecule has 2 saturated heterocycles. The molecular weight excluding hydrogens is 320 g/mol. The molecule has 6 heteroatoms. The van der Waals surface area contributed by atoms with Crippen molar-refractivity contribution in [3.63, 3.8) is 0 Å². The summed E-state index contributed by atoms with van der Waals surface area (Å²) in [5, 5.41) is 3.04. The highest BCUT2D eigenvalue weighted by atomic mass is 16.5. The lowest BCUT2D eigenvalue weighted by Crippen LogP contribution is -2.44. The van der Waals surface area contributed by atoms with Gasteiger partial charge in [-0.1, -0.05) is 12.2 Å². The molecule has 3 heterocycles. The molecular formula is C19H20N2O4. The first-order valence-electron chi connectivity index (χ1n) is 8.74. The van der Waals surface area contributed by atoms with Crippen LogP contribution in [0.4, 0.5) is 5.69 Å². The molecule has 4 unspecified atom stereocenters. The van der Waals surface area contributed by atoms with Gasteiger partial charge in [-0.2, -0.15) is 0 Å². The van der Waals surface area contributed by atoms with Gasteiger partial charge >= 0.3 is 0 Å². The third-order valence-electron chi connectivity index (χ3n) is 5.71. The van der Waals surface area contributed by atoms with Crippen LogP contribution in [0, 0.1) is 11.8 Å². The van der Waals surface area contributed by atoms with Gasteiger partial charge in [0.05, 0.1) is 31.6 Å². The fourth-order valence-corrected chi connectivity index (χ4v) is 4.30. The van der Waals surface area contributed by atoms with Crippen molar-refractivity contribution in [2.24, 2.45) is 11.8 Å². The first kappa shape index (κ1) is 15.0. The van der Waals surface area contributed by atoms with Crippen LogP contribution in [-0.2, 0) is 14.3 Å². The van der Waals surface area contributed by atoms with Crippen LogP contribution < -0.4 is 15.0 Å². The Morgan fingerprint density at radius 2 is 2.08 bits per heavy atom. The topological polar surface area (TPSA) is 67.9 Å². The van der Waals surface area contributed by atoms with Crippen molar-refractivity contribution < 1.29 is 19.1 Å². The van der Waals surface area contributed by atoms with Crippen molar-refractivity contribution in [3.05, 3.63) is 36.4 Å². The number of amides is 2. The molecule has 1 N–H and O–H groups in total. The van der Waals surface area contributed by atoms with Gasteiger partial charge in [-0.05, 0) is 37.1 Å². The van der Waals surface area contributed by atoms with Crippen LogP contribution >= 0.6 is 0 Å². The quantitative estimate of drug-likeness (QED) is 0.838. The Balaban J connectivity index is 1.44. The number of rotatable bonds is 4. The number of methoxy groups -OCH3 is 1. The van der Waals surface area contributed by atoms with Gasteiger partial charge in [0.25, 0.3) is 0 Å².